The molecule has 4 nitrogen and oxygen atoms in total. The number of rotatable bonds is 7. The second-order valence-corrected chi connectivity index (χ2v) is 7.11. The quantitative estimate of drug-likeness (QED) is 0.771. The summed E-state index contributed by atoms with van der Waals surface area (Å²) in [4.78, 5) is 0. The largest absolute Gasteiger partial charge is 0.378 e. The molecule has 0 aliphatic rings. The van der Waals surface area contributed by atoms with Crippen LogP contribution < -0.4 is 0 Å². The number of ether oxygens (including phenoxy) is 1. The van der Waals surface area contributed by atoms with E-state index in [2.05, 4.69) is 0 Å². The first-order valence-corrected chi connectivity index (χ1v) is 8.04. The zero-order chi connectivity index (χ0) is 14.5. The topological polar surface area (TPSA) is 46.6 Å². The van der Waals surface area contributed by atoms with E-state index in [4.69, 9.17) is 4.74 Å². The van der Waals surface area contributed by atoms with Crippen molar-refractivity contribution in [3.05, 3.63) is 35.4 Å². The number of nitrogens with zero attached hydrogens (tertiary/aromatic N) is 1. The van der Waals surface area contributed by atoms with Crippen molar-refractivity contribution in [3.63, 3.8) is 0 Å². The Morgan fingerprint density at radius 2 is 1.89 bits per heavy atom. The Kier molecular flexibility index (Phi) is 5.97. The highest BCUT2D eigenvalue weighted by molar-refractivity contribution is 7.89. The fourth-order valence-electron chi connectivity index (χ4n) is 1.67. The summed E-state index contributed by atoms with van der Waals surface area (Å²) in [7, 11) is -1.65. The molecule has 0 aliphatic heterocycles. The number of hydrogen-bond acceptors (Lipinski definition) is 3. The average Bonchev–Trinajstić information content (AvgIpc) is 2.31. The van der Waals surface area contributed by atoms with Gasteiger partial charge in [-0.25, -0.2) is 12.7 Å². The van der Waals surface area contributed by atoms with Crippen molar-refractivity contribution in [2.75, 3.05) is 19.4 Å². The smallest absolute Gasteiger partial charge is 0.216 e. The lowest BCUT2D eigenvalue weighted by atomic mass is 10.1. The highest BCUT2D eigenvalue weighted by Gasteiger charge is 2.18. The second-order valence-electron chi connectivity index (χ2n) is 4.92. The minimum Gasteiger partial charge on any atom is -0.378 e. The van der Waals surface area contributed by atoms with Gasteiger partial charge in [0.25, 0.3) is 0 Å². The van der Waals surface area contributed by atoms with Gasteiger partial charge in [-0.2, -0.15) is 0 Å². The van der Waals surface area contributed by atoms with Crippen molar-refractivity contribution in [3.8, 4) is 0 Å². The van der Waals surface area contributed by atoms with E-state index in [1.54, 1.807) is 7.05 Å². The summed E-state index contributed by atoms with van der Waals surface area (Å²) in [6, 6.07) is 7.80. The lowest BCUT2D eigenvalue weighted by Gasteiger charge is -2.18. The fourth-order valence-corrected chi connectivity index (χ4v) is 2.62. The first kappa shape index (κ1) is 16.1. The van der Waals surface area contributed by atoms with E-state index in [0.717, 1.165) is 11.1 Å². The van der Waals surface area contributed by atoms with E-state index in [-0.39, 0.29) is 18.5 Å². The van der Waals surface area contributed by atoms with Crippen molar-refractivity contribution >= 4 is 10.0 Å². The van der Waals surface area contributed by atoms with Gasteiger partial charge in [0.2, 0.25) is 10.0 Å². The molecule has 0 saturated carbocycles. The van der Waals surface area contributed by atoms with Gasteiger partial charge in [-0.1, -0.05) is 24.3 Å². The fraction of sp³-hybridized carbons (Fsp3) is 0.571. The molecule has 0 unspecified atom stereocenters. The molecular formula is C14H23NO3S. The van der Waals surface area contributed by atoms with E-state index in [1.807, 2.05) is 45.0 Å². The number of benzene rings is 1. The summed E-state index contributed by atoms with van der Waals surface area (Å²) in [6.07, 6.45) is 0.0527. The molecule has 0 radical (unpaired) electrons. The van der Waals surface area contributed by atoms with E-state index in [1.165, 1.54) is 4.31 Å². The van der Waals surface area contributed by atoms with Gasteiger partial charge in [-0.15, -0.1) is 0 Å². The van der Waals surface area contributed by atoms with Crippen LogP contribution in [0.15, 0.2) is 24.3 Å². The third-order valence-corrected chi connectivity index (χ3v) is 4.68. The lowest BCUT2D eigenvalue weighted by molar-refractivity contribution is 0.0907. The molecule has 0 aromatic heterocycles. The molecule has 0 fully saturated rings. The summed E-state index contributed by atoms with van der Waals surface area (Å²) >= 11 is 0. The third-order valence-electron chi connectivity index (χ3n) is 2.92. The summed E-state index contributed by atoms with van der Waals surface area (Å²) < 4.78 is 30.8. The molecule has 0 spiro atoms. The zero-order valence-electron chi connectivity index (χ0n) is 12.1. The zero-order valence-corrected chi connectivity index (χ0v) is 12.9. The van der Waals surface area contributed by atoms with Crippen LogP contribution in [0.3, 0.4) is 0 Å². The van der Waals surface area contributed by atoms with Crippen molar-refractivity contribution in [1.82, 2.24) is 4.31 Å². The van der Waals surface area contributed by atoms with E-state index in [0.29, 0.717) is 6.54 Å². The van der Waals surface area contributed by atoms with Gasteiger partial charge in [-0.05, 0) is 31.9 Å². The highest BCUT2D eigenvalue weighted by atomic mass is 32.2. The molecule has 0 aliphatic carbocycles. The van der Waals surface area contributed by atoms with Gasteiger partial charge in [0, 0.05) is 13.6 Å². The molecule has 1 rings (SSSR count). The lowest BCUT2D eigenvalue weighted by Crippen LogP contribution is -2.31. The molecule has 0 bridgehead atoms. The van der Waals surface area contributed by atoms with E-state index in [9.17, 15) is 8.42 Å². The normalized spacial score (nSPS) is 12.3. The minimum absolute atomic E-state index is 0.0214. The molecule has 0 N–H and O–H groups in total. The van der Waals surface area contributed by atoms with E-state index >= 15 is 0 Å². The summed E-state index contributed by atoms with van der Waals surface area (Å²) in [5.74, 6) is 0.0214. The molecule has 0 saturated heterocycles. The molecular weight excluding hydrogens is 262 g/mol. The van der Waals surface area contributed by atoms with Gasteiger partial charge < -0.3 is 4.74 Å². The summed E-state index contributed by atoms with van der Waals surface area (Å²) in [5, 5.41) is 0. The molecule has 0 atom stereocenters. The molecule has 108 valence electrons. The van der Waals surface area contributed by atoms with Crippen LogP contribution in [0.1, 0.15) is 25.0 Å². The molecule has 1 aromatic rings. The number of aryl methyl sites for hydroxylation is 1. The molecule has 0 heterocycles. The van der Waals surface area contributed by atoms with Gasteiger partial charge in [0.15, 0.2) is 0 Å². The predicted octanol–water partition coefficient (Wildman–Crippen LogP) is 2.18. The van der Waals surface area contributed by atoms with Crippen molar-refractivity contribution in [1.29, 1.82) is 0 Å². The second kappa shape index (κ2) is 7.03. The Labute approximate surface area is 116 Å². The van der Waals surface area contributed by atoms with Crippen molar-refractivity contribution in [2.45, 2.75) is 33.4 Å². The van der Waals surface area contributed by atoms with E-state index < -0.39 is 10.0 Å². The van der Waals surface area contributed by atoms with Gasteiger partial charge in [-0.3, -0.25) is 0 Å². The first-order valence-electron chi connectivity index (χ1n) is 6.43. The summed E-state index contributed by atoms with van der Waals surface area (Å²) in [5.41, 5.74) is 2.13. The molecule has 1 aromatic carbocycles. The van der Waals surface area contributed by atoms with Crippen LogP contribution in [0.5, 0.6) is 0 Å². The van der Waals surface area contributed by atoms with Crippen LogP contribution in [-0.2, 0) is 21.3 Å². The Balaban J connectivity index is 2.61. The van der Waals surface area contributed by atoms with Crippen LogP contribution in [0.25, 0.3) is 0 Å². The first-order chi connectivity index (χ1) is 8.83. The molecule has 19 heavy (non-hydrogen) atoms. The number of sulfonamides is 1. The summed E-state index contributed by atoms with van der Waals surface area (Å²) in [6.45, 7) is 6.40. The van der Waals surface area contributed by atoms with Crippen molar-refractivity contribution < 1.29 is 13.2 Å². The highest BCUT2D eigenvalue weighted by Crippen LogP contribution is 2.12. The van der Waals surface area contributed by atoms with Gasteiger partial charge in [0.1, 0.15) is 0 Å². The monoisotopic (exact) mass is 285 g/mol. The molecule has 5 heteroatoms. The minimum atomic E-state index is -3.26. The Morgan fingerprint density at radius 1 is 1.26 bits per heavy atom. The van der Waals surface area contributed by atoms with Crippen LogP contribution in [0, 0.1) is 6.92 Å². The Bertz CT molecular complexity index is 497. The van der Waals surface area contributed by atoms with Crippen LogP contribution in [-0.4, -0.2) is 38.2 Å². The van der Waals surface area contributed by atoms with Crippen molar-refractivity contribution in [2.24, 2.45) is 0 Å². The van der Waals surface area contributed by atoms with Crippen LogP contribution >= 0.6 is 0 Å². The number of hydrogen-bond donors (Lipinski definition) is 0. The van der Waals surface area contributed by atoms with Gasteiger partial charge in [0.05, 0.1) is 18.5 Å². The standard InChI is InChI=1S/C14H23NO3S/c1-12(2)18-9-10-19(16,17)15(4)11-14-8-6-5-7-13(14)3/h5-8,12H,9-11H2,1-4H3. The third kappa shape index (κ3) is 5.30. The maximum atomic E-state index is 12.1. The maximum absolute atomic E-state index is 12.1. The van der Waals surface area contributed by atoms with Crippen LogP contribution in [0.4, 0.5) is 0 Å². The average molecular weight is 285 g/mol. The Morgan fingerprint density at radius 3 is 2.47 bits per heavy atom. The van der Waals surface area contributed by atoms with Crippen LogP contribution in [0.2, 0.25) is 0 Å². The molecule has 0 amide bonds. The van der Waals surface area contributed by atoms with Gasteiger partial charge >= 0.3 is 0 Å². The predicted molar refractivity (Wildman–Crippen MR) is 77.5 cm³/mol. The SMILES string of the molecule is Cc1ccccc1CN(C)S(=O)(=O)CCOC(C)C. The Hall–Kier alpha value is -0.910. The maximum Gasteiger partial charge on any atom is 0.216 e.